The topological polar surface area (TPSA) is 44.5 Å². The average molecular weight is 293 g/mol. The highest BCUT2D eigenvalue weighted by atomic mass is 16.5. The summed E-state index contributed by atoms with van der Waals surface area (Å²) >= 11 is 0. The van der Waals surface area contributed by atoms with E-state index in [-0.39, 0.29) is 6.04 Å². The molecule has 0 aromatic heterocycles. The number of fused-ring (bicyclic) bond motifs is 1. The quantitative estimate of drug-likeness (QED) is 0.775. The molecule has 0 amide bonds. The molecule has 0 bridgehead atoms. The predicted octanol–water partition coefficient (Wildman–Crippen LogP) is 3.93. The van der Waals surface area contributed by atoms with Gasteiger partial charge in [0.05, 0.1) is 13.2 Å². The fourth-order valence-electron chi connectivity index (χ4n) is 2.41. The van der Waals surface area contributed by atoms with Crippen molar-refractivity contribution in [2.45, 2.75) is 6.04 Å². The van der Waals surface area contributed by atoms with Crippen molar-refractivity contribution in [1.29, 1.82) is 0 Å². The number of methoxy groups -OCH3 is 1. The summed E-state index contributed by atoms with van der Waals surface area (Å²) in [5.41, 5.74) is 7.20. The monoisotopic (exact) mass is 293 g/mol. The molecule has 0 aliphatic carbocycles. The van der Waals surface area contributed by atoms with Gasteiger partial charge in [-0.1, -0.05) is 42.5 Å². The Labute approximate surface area is 130 Å². The van der Waals surface area contributed by atoms with Gasteiger partial charge in [-0.3, -0.25) is 0 Å². The molecule has 3 rings (SSSR count). The van der Waals surface area contributed by atoms with Crippen LogP contribution in [0.5, 0.6) is 11.5 Å². The molecule has 112 valence electrons. The number of hydrogen-bond acceptors (Lipinski definition) is 3. The van der Waals surface area contributed by atoms with E-state index >= 15 is 0 Å². The van der Waals surface area contributed by atoms with Gasteiger partial charge in [-0.15, -0.1) is 0 Å². The number of ether oxygens (including phenoxy) is 2. The molecular weight excluding hydrogens is 274 g/mol. The van der Waals surface area contributed by atoms with E-state index in [4.69, 9.17) is 15.2 Å². The summed E-state index contributed by atoms with van der Waals surface area (Å²) in [5, 5.41) is 2.36. The largest absolute Gasteiger partial charge is 0.497 e. The van der Waals surface area contributed by atoms with E-state index in [1.165, 1.54) is 5.39 Å². The molecule has 0 saturated carbocycles. The van der Waals surface area contributed by atoms with Crippen LogP contribution in [0.1, 0.15) is 11.6 Å². The lowest BCUT2D eigenvalue weighted by atomic mass is 10.1. The summed E-state index contributed by atoms with van der Waals surface area (Å²) in [5.74, 6) is 1.63. The lowest BCUT2D eigenvalue weighted by Crippen LogP contribution is -2.19. The van der Waals surface area contributed by atoms with Crippen LogP contribution < -0.4 is 15.2 Å². The van der Waals surface area contributed by atoms with Crippen molar-refractivity contribution in [3.63, 3.8) is 0 Å². The molecule has 0 aliphatic heterocycles. The molecule has 0 heterocycles. The van der Waals surface area contributed by atoms with Crippen molar-refractivity contribution in [2.75, 3.05) is 13.7 Å². The Hall–Kier alpha value is -2.52. The Morgan fingerprint density at radius 2 is 1.68 bits per heavy atom. The van der Waals surface area contributed by atoms with Gasteiger partial charge < -0.3 is 15.2 Å². The van der Waals surface area contributed by atoms with Crippen LogP contribution in [0.3, 0.4) is 0 Å². The van der Waals surface area contributed by atoms with Crippen molar-refractivity contribution in [1.82, 2.24) is 0 Å². The molecule has 0 radical (unpaired) electrons. The molecule has 0 spiro atoms. The zero-order chi connectivity index (χ0) is 15.4. The molecule has 3 aromatic carbocycles. The van der Waals surface area contributed by atoms with Crippen LogP contribution in [-0.2, 0) is 0 Å². The standard InChI is InChI=1S/C19H19NO2/c1-21-17-8-4-7-16(12-17)19(20)13-22-18-10-9-14-5-2-3-6-15(14)11-18/h2-12,19H,13,20H2,1H3. The van der Waals surface area contributed by atoms with Gasteiger partial charge in [0, 0.05) is 0 Å². The minimum atomic E-state index is -0.193. The molecule has 3 aromatic rings. The smallest absolute Gasteiger partial charge is 0.120 e. The molecule has 0 fully saturated rings. The molecular formula is C19H19NO2. The fraction of sp³-hybridized carbons (Fsp3) is 0.158. The highest BCUT2D eigenvalue weighted by Gasteiger charge is 2.08. The first-order valence-electron chi connectivity index (χ1n) is 7.27. The maximum Gasteiger partial charge on any atom is 0.120 e. The van der Waals surface area contributed by atoms with Crippen molar-refractivity contribution >= 4 is 10.8 Å². The second-order valence-corrected chi connectivity index (χ2v) is 5.20. The fourth-order valence-corrected chi connectivity index (χ4v) is 2.41. The summed E-state index contributed by atoms with van der Waals surface area (Å²) < 4.78 is 11.1. The number of rotatable bonds is 5. The molecule has 3 heteroatoms. The predicted molar refractivity (Wildman–Crippen MR) is 89.4 cm³/mol. The van der Waals surface area contributed by atoms with Crippen LogP contribution in [0.15, 0.2) is 66.7 Å². The number of hydrogen-bond donors (Lipinski definition) is 1. The Bertz CT molecular complexity index is 770. The van der Waals surface area contributed by atoms with Gasteiger partial charge in [-0.2, -0.15) is 0 Å². The van der Waals surface area contributed by atoms with E-state index in [1.807, 2.05) is 48.5 Å². The minimum absolute atomic E-state index is 0.193. The minimum Gasteiger partial charge on any atom is -0.497 e. The Morgan fingerprint density at radius 1 is 0.864 bits per heavy atom. The molecule has 0 aliphatic rings. The van der Waals surface area contributed by atoms with E-state index in [9.17, 15) is 0 Å². The third-order valence-corrected chi connectivity index (χ3v) is 3.67. The maximum absolute atomic E-state index is 6.20. The molecule has 1 unspecified atom stereocenters. The van der Waals surface area contributed by atoms with Crippen molar-refractivity contribution in [3.05, 3.63) is 72.3 Å². The van der Waals surface area contributed by atoms with Gasteiger partial charge in [0.2, 0.25) is 0 Å². The third-order valence-electron chi connectivity index (χ3n) is 3.67. The van der Waals surface area contributed by atoms with Crippen LogP contribution in [0.4, 0.5) is 0 Å². The molecule has 3 nitrogen and oxygen atoms in total. The Morgan fingerprint density at radius 3 is 2.50 bits per heavy atom. The van der Waals surface area contributed by atoms with Crippen LogP contribution in [0, 0.1) is 0 Å². The van der Waals surface area contributed by atoms with Crippen LogP contribution in [-0.4, -0.2) is 13.7 Å². The second-order valence-electron chi connectivity index (χ2n) is 5.20. The first-order valence-corrected chi connectivity index (χ1v) is 7.27. The Balaban J connectivity index is 1.70. The maximum atomic E-state index is 6.20. The lowest BCUT2D eigenvalue weighted by molar-refractivity contribution is 0.290. The van der Waals surface area contributed by atoms with Gasteiger partial charge in [0.15, 0.2) is 0 Å². The number of benzene rings is 3. The Kier molecular flexibility index (Phi) is 4.26. The van der Waals surface area contributed by atoms with Crippen molar-refractivity contribution in [3.8, 4) is 11.5 Å². The third kappa shape index (κ3) is 3.21. The van der Waals surface area contributed by atoms with E-state index < -0.39 is 0 Å². The molecule has 1 atom stereocenters. The van der Waals surface area contributed by atoms with Gasteiger partial charge in [0.25, 0.3) is 0 Å². The van der Waals surface area contributed by atoms with Crippen LogP contribution in [0.2, 0.25) is 0 Å². The average Bonchev–Trinajstić information content (AvgIpc) is 2.59. The summed E-state index contributed by atoms with van der Waals surface area (Å²) in [7, 11) is 1.65. The zero-order valence-electron chi connectivity index (χ0n) is 12.5. The zero-order valence-corrected chi connectivity index (χ0v) is 12.5. The summed E-state index contributed by atoms with van der Waals surface area (Å²) in [6.45, 7) is 0.422. The molecule has 2 N–H and O–H groups in total. The van der Waals surface area contributed by atoms with Crippen molar-refractivity contribution in [2.24, 2.45) is 5.73 Å². The molecule has 0 saturated heterocycles. The van der Waals surface area contributed by atoms with E-state index in [0.717, 1.165) is 22.4 Å². The lowest BCUT2D eigenvalue weighted by Gasteiger charge is -2.14. The highest BCUT2D eigenvalue weighted by molar-refractivity contribution is 5.83. The summed E-state index contributed by atoms with van der Waals surface area (Å²) in [6, 6.07) is 21.8. The highest BCUT2D eigenvalue weighted by Crippen LogP contribution is 2.22. The summed E-state index contributed by atoms with van der Waals surface area (Å²) in [4.78, 5) is 0. The number of nitrogens with two attached hydrogens (primary N) is 1. The van der Waals surface area contributed by atoms with Crippen LogP contribution >= 0.6 is 0 Å². The van der Waals surface area contributed by atoms with E-state index in [0.29, 0.717) is 6.61 Å². The second kappa shape index (κ2) is 6.50. The summed E-state index contributed by atoms with van der Waals surface area (Å²) in [6.07, 6.45) is 0. The SMILES string of the molecule is COc1cccc(C(N)COc2ccc3ccccc3c2)c1. The van der Waals surface area contributed by atoms with Gasteiger partial charge in [-0.05, 0) is 40.6 Å². The van der Waals surface area contributed by atoms with Gasteiger partial charge in [-0.25, -0.2) is 0 Å². The van der Waals surface area contributed by atoms with Crippen molar-refractivity contribution < 1.29 is 9.47 Å². The normalized spacial score (nSPS) is 12.1. The van der Waals surface area contributed by atoms with Gasteiger partial charge in [0.1, 0.15) is 18.1 Å². The molecule has 22 heavy (non-hydrogen) atoms. The van der Waals surface area contributed by atoms with Crippen LogP contribution in [0.25, 0.3) is 10.8 Å². The van der Waals surface area contributed by atoms with E-state index in [1.54, 1.807) is 7.11 Å². The van der Waals surface area contributed by atoms with Gasteiger partial charge >= 0.3 is 0 Å². The first-order chi connectivity index (χ1) is 10.8. The van der Waals surface area contributed by atoms with E-state index in [2.05, 4.69) is 18.2 Å². The first kappa shape index (κ1) is 14.4.